The number of fused-ring (bicyclic) bond motifs is 3. The molecule has 0 radical (unpaired) electrons. The number of hydrogen-bond donors (Lipinski definition) is 1. The maximum atomic E-state index is 13.6. The molecule has 1 aliphatic carbocycles. The van der Waals surface area contributed by atoms with Crippen molar-refractivity contribution in [2.45, 2.75) is 63.6 Å². The number of carbonyl (C=O) groups excluding carboxylic acids is 1. The van der Waals surface area contributed by atoms with Gasteiger partial charge >= 0.3 is 0 Å². The van der Waals surface area contributed by atoms with E-state index in [4.69, 9.17) is 0 Å². The second-order valence-corrected chi connectivity index (χ2v) is 10.0. The Morgan fingerprint density at radius 2 is 1.71 bits per heavy atom. The van der Waals surface area contributed by atoms with Crippen LogP contribution in [0.2, 0.25) is 0 Å². The highest BCUT2D eigenvalue weighted by atomic mass is 32.2. The fourth-order valence-corrected chi connectivity index (χ4v) is 5.71. The summed E-state index contributed by atoms with van der Waals surface area (Å²) < 4.78 is 3.54. The number of carbonyl (C=O) groups is 1. The lowest BCUT2D eigenvalue weighted by atomic mass is 10.1. The van der Waals surface area contributed by atoms with Crippen LogP contribution >= 0.6 is 11.8 Å². The highest BCUT2D eigenvalue weighted by molar-refractivity contribution is 7.99. The van der Waals surface area contributed by atoms with Gasteiger partial charge in [0.1, 0.15) is 0 Å². The molecular weight excluding hydrogens is 446 g/mol. The van der Waals surface area contributed by atoms with Crippen LogP contribution in [0.4, 0.5) is 0 Å². The molecule has 0 spiro atoms. The number of aromatic nitrogens is 4. The number of amides is 1. The van der Waals surface area contributed by atoms with Gasteiger partial charge in [-0.25, -0.2) is 4.57 Å². The Morgan fingerprint density at radius 3 is 2.44 bits per heavy atom. The third-order valence-corrected chi connectivity index (χ3v) is 7.54. The predicted octanol–water partition coefficient (Wildman–Crippen LogP) is 4.58. The van der Waals surface area contributed by atoms with Crippen molar-refractivity contribution in [1.82, 2.24) is 24.5 Å². The highest BCUT2D eigenvalue weighted by Gasteiger charge is 2.21. The van der Waals surface area contributed by atoms with Gasteiger partial charge in [0, 0.05) is 6.04 Å². The van der Waals surface area contributed by atoms with Gasteiger partial charge in [-0.3, -0.25) is 14.0 Å². The van der Waals surface area contributed by atoms with E-state index in [0.717, 1.165) is 35.2 Å². The van der Waals surface area contributed by atoms with Gasteiger partial charge < -0.3 is 5.32 Å². The summed E-state index contributed by atoms with van der Waals surface area (Å²) in [6.07, 6.45) is 6.96. The van der Waals surface area contributed by atoms with Crippen LogP contribution in [0.25, 0.3) is 22.4 Å². The molecule has 0 unspecified atom stereocenters. The number of hydrogen-bond acceptors (Lipinski definition) is 5. The minimum atomic E-state index is -0.129. The lowest BCUT2D eigenvalue weighted by molar-refractivity contribution is -0.119. The van der Waals surface area contributed by atoms with Crippen LogP contribution in [-0.2, 0) is 4.79 Å². The van der Waals surface area contributed by atoms with E-state index in [2.05, 4.69) is 15.5 Å². The molecule has 4 aromatic rings. The summed E-state index contributed by atoms with van der Waals surface area (Å²) in [4.78, 5) is 26.3. The van der Waals surface area contributed by atoms with Gasteiger partial charge in [0.2, 0.25) is 11.7 Å². The van der Waals surface area contributed by atoms with Gasteiger partial charge in [0.25, 0.3) is 5.56 Å². The van der Waals surface area contributed by atoms with Gasteiger partial charge in [0.15, 0.2) is 5.16 Å². The van der Waals surface area contributed by atoms with Crippen LogP contribution in [-0.4, -0.2) is 36.9 Å². The Kier molecular flexibility index (Phi) is 6.41. The Bertz CT molecular complexity index is 1400. The van der Waals surface area contributed by atoms with Gasteiger partial charge in [-0.05, 0) is 49.9 Å². The molecule has 0 saturated heterocycles. The van der Waals surface area contributed by atoms with Crippen molar-refractivity contribution in [3.05, 3.63) is 63.9 Å². The van der Waals surface area contributed by atoms with Crippen molar-refractivity contribution in [1.29, 1.82) is 0 Å². The van der Waals surface area contributed by atoms with E-state index in [9.17, 15) is 9.59 Å². The van der Waals surface area contributed by atoms with Crippen molar-refractivity contribution in [2.75, 3.05) is 5.75 Å². The smallest absolute Gasteiger partial charge is 0.267 e. The average molecular weight is 476 g/mol. The number of aryl methyl sites for hydroxylation is 2. The number of rotatable bonds is 5. The second-order valence-electron chi connectivity index (χ2n) is 9.06. The van der Waals surface area contributed by atoms with Gasteiger partial charge in [-0.1, -0.05) is 67.8 Å². The molecule has 0 atom stereocenters. The average Bonchev–Trinajstić information content (AvgIpc) is 3.08. The Labute approximate surface area is 202 Å². The maximum Gasteiger partial charge on any atom is 0.267 e. The molecular formula is C26H29N5O2S. The van der Waals surface area contributed by atoms with E-state index in [1.807, 2.05) is 60.7 Å². The normalized spacial score (nSPS) is 15.0. The number of nitrogens with one attached hydrogen (secondary N) is 1. The highest BCUT2D eigenvalue weighted by Crippen LogP contribution is 2.26. The molecule has 1 aliphatic rings. The first-order valence-corrected chi connectivity index (χ1v) is 12.9. The van der Waals surface area contributed by atoms with Crippen LogP contribution in [0.15, 0.2) is 52.4 Å². The van der Waals surface area contributed by atoms with Crippen LogP contribution < -0.4 is 10.9 Å². The van der Waals surface area contributed by atoms with E-state index < -0.39 is 0 Å². The molecule has 0 aliphatic heterocycles. The fourth-order valence-electron chi connectivity index (χ4n) is 4.96. The maximum absolute atomic E-state index is 13.6. The molecule has 0 bridgehead atoms. The monoisotopic (exact) mass is 475 g/mol. The van der Waals surface area contributed by atoms with E-state index in [0.29, 0.717) is 16.3 Å². The van der Waals surface area contributed by atoms with Crippen molar-refractivity contribution < 1.29 is 4.79 Å². The molecule has 1 amide bonds. The number of thioether (sulfide) groups is 1. The largest absolute Gasteiger partial charge is 0.353 e. The van der Waals surface area contributed by atoms with Crippen LogP contribution in [0.5, 0.6) is 0 Å². The summed E-state index contributed by atoms with van der Waals surface area (Å²) in [6.45, 7) is 3.98. The van der Waals surface area contributed by atoms with E-state index in [1.165, 1.54) is 37.4 Å². The van der Waals surface area contributed by atoms with Crippen LogP contribution in [0.1, 0.15) is 49.7 Å². The predicted molar refractivity (Wildman–Crippen MR) is 136 cm³/mol. The van der Waals surface area contributed by atoms with Crippen LogP contribution in [0, 0.1) is 13.8 Å². The third kappa shape index (κ3) is 4.22. The first kappa shape index (κ1) is 22.7. The molecule has 2 heterocycles. The molecule has 2 aromatic carbocycles. The second kappa shape index (κ2) is 9.62. The van der Waals surface area contributed by atoms with E-state index in [1.54, 1.807) is 4.57 Å². The zero-order valence-electron chi connectivity index (χ0n) is 19.6. The molecule has 1 N–H and O–H groups in total. The van der Waals surface area contributed by atoms with Gasteiger partial charge in [0.05, 0.1) is 22.3 Å². The lowest BCUT2D eigenvalue weighted by Crippen LogP contribution is -2.35. The molecule has 7 nitrogen and oxygen atoms in total. The Balaban J connectivity index is 1.54. The molecule has 2 aromatic heterocycles. The Hall–Kier alpha value is -3.13. The topological polar surface area (TPSA) is 81.3 Å². The van der Waals surface area contributed by atoms with Crippen molar-refractivity contribution in [2.24, 2.45) is 0 Å². The van der Waals surface area contributed by atoms with E-state index in [-0.39, 0.29) is 23.3 Å². The molecule has 8 heteroatoms. The number of benzene rings is 2. The molecule has 34 heavy (non-hydrogen) atoms. The molecule has 5 rings (SSSR count). The summed E-state index contributed by atoms with van der Waals surface area (Å²) in [7, 11) is 0. The quantitative estimate of drug-likeness (QED) is 0.338. The van der Waals surface area contributed by atoms with Crippen molar-refractivity contribution >= 4 is 34.3 Å². The molecule has 1 fully saturated rings. The fraction of sp³-hybridized carbons (Fsp3) is 0.385. The lowest BCUT2D eigenvalue weighted by Gasteiger charge is -2.16. The van der Waals surface area contributed by atoms with Gasteiger partial charge in [-0.2, -0.15) is 0 Å². The summed E-state index contributed by atoms with van der Waals surface area (Å²) in [5, 5.41) is 13.2. The first-order valence-electron chi connectivity index (χ1n) is 11.9. The van der Waals surface area contributed by atoms with Crippen LogP contribution in [0.3, 0.4) is 0 Å². The summed E-state index contributed by atoms with van der Waals surface area (Å²) >= 11 is 1.35. The minimum Gasteiger partial charge on any atom is -0.353 e. The number of nitrogens with zero attached hydrogens (tertiary/aromatic N) is 4. The molecule has 176 valence electrons. The summed E-state index contributed by atoms with van der Waals surface area (Å²) in [6, 6.07) is 13.7. The van der Waals surface area contributed by atoms with E-state index >= 15 is 0 Å². The third-order valence-electron chi connectivity index (χ3n) is 6.61. The molecule has 1 saturated carbocycles. The van der Waals surface area contributed by atoms with Crippen molar-refractivity contribution in [3.63, 3.8) is 0 Å². The first-order chi connectivity index (χ1) is 16.5. The van der Waals surface area contributed by atoms with Crippen molar-refractivity contribution in [3.8, 4) is 5.69 Å². The standard InChI is InChI=1S/C26H29N5O2S/c1-17-10-9-11-18(2)23(17)31-24(33)20-14-7-8-15-21(20)30-25(31)28-29-26(30)34-16-22(32)27-19-12-5-3-4-6-13-19/h7-11,14-15,19H,3-6,12-13,16H2,1-2H3,(H,27,32). The summed E-state index contributed by atoms with van der Waals surface area (Å²) in [5.41, 5.74) is 3.40. The Morgan fingerprint density at radius 1 is 1.00 bits per heavy atom. The minimum absolute atomic E-state index is 0.0148. The number of para-hydroxylation sites is 2. The van der Waals surface area contributed by atoms with Gasteiger partial charge in [-0.15, -0.1) is 10.2 Å². The summed E-state index contributed by atoms with van der Waals surface area (Å²) in [5.74, 6) is 0.725. The SMILES string of the molecule is Cc1cccc(C)c1-n1c(=O)c2ccccc2n2c(SCC(=O)NC3CCCCCC3)nnc12. The zero-order chi connectivity index (χ0) is 23.7. The zero-order valence-corrected chi connectivity index (χ0v) is 20.4.